The summed E-state index contributed by atoms with van der Waals surface area (Å²) < 4.78 is 25.0. The van der Waals surface area contributed by atoms with Crippen LogP contribution in [0, 0.1) is 11.8 Å². The number of aliphatic hydroxyl groups excluding tert-OH is 1. The maximum atomic E-state index is 12.5. The molecule has 1 heterocycles. The summed E-state index contributed by atoms with van der Waals surface area (Å²) in [6, 6.07) is 0. The van der Waals surface area contributed by atoms with Crippen LogP contribution in [0.4, 0.5) is 0 Å². The minimum Gasteiger partial charge on any atom is -0.396 e. The van der Waals surface area contributed by atoms with Crippen LogP contribution in [0.25, 0.3) is 0 Å². The molecule has 1 aliphatic rings. The van der Waals surface area contributed by atoms with E-state index in [1.165, 1.54) is 0 Å². The zero-order valence-corrected chi connectivity index (χ0v) is 15.1. The van der Waals surface area contributed by atoms with Crippen molar-refractivity contribution in [2.45, 2.75) is 52.4 Å². The smallest absolute Gasteiger partial charge is 0.175 e. The summed E-state index contributed by atoms with van der Waals surface area (Å²) in [7, 11) is -3.22. The summed E-state index contributed by atoms with van der Waals surface area (Å²) in [5, 5.41) is 9.27. The largest absolute Gasteiger partial charge is 0.396 e. The zero-order valence-electron chi connectivity index (χ0n) is 14.3. The van der Waals surface area contributed by atoms with Gasteiger partial charge in [-0.2, -0.15) is 0 Å². The van der Waals surface area contributed by atoms with Crippen LogP contribution in [-0.2, 0) is 9.84 Å². The lowest BCUT2D eigenvalue weighted by Gasteiger charge is -2.32. The molecule has 130 valence electrons. The van der Waals surface area contributed by atoms with Crippen molar-refractivity contribution in [3.8, 4) is 0 Å². The Bertz CT molecular complexity index is 433. The summed E-state index contributed by atoms with van der Waals surface area (Å²) in [6.07, 6.45) is 6.13. The lowest BCUT2D eigenvalue weighted by atomic mass is 9.99. The third-order valence-corrected chi connectivity index (χ3v) is 6.62. The Morgan fingerprint density at radius 2 is 2.14 bits per heavy atom. The van der Waals surface area contributed by atoms with Crippen molar-refractivity contribution in [3.63, 3.8) is 0 Å². The maximum Gasteiger partial charge on any atom is 0.175 e. The van der Waals surface area contributed by atoms with Crippen LogP contribution >= 0.6 is 0 Å². The Labute approximate surface area is 136 Å². The highest BCUT2D eigenvalue weighted by atomic mass is 32.2. The quantitative estimate of drug-likeness (QED) is 0.669. The van der Waals surface area contributed by atoms with Gasteiger partial charge in [0.2, 0.25) is 0 Å². The number of sulfone groups is 1. The van der Waals surface area contributed by atoms with E-state index >= 15 is 0 Å². The number of rotatable bonds is 10. The van der Waals surface area contributed by atoms with Gasteiger partial charge in [0.25, 0.3) is 0 Å². The van der Waals surface area contributed by atoms with E-state index in [2.05, 4.69) is 25.3 Å². The summed E-state index contributed by atoms with van der Waals surface area (Å²) >= 11 is 0. The van der Waals surface area contributed by atoms with Gasteiger partial charge in [-0.25, -0.2) is 8.42 Å². The van der Waals surface area contributed by atoms with Gasteiger partial charge in [0.1, 0.15) is 0 Å². The van der Waals surface area contributed by atoms with E-state index in [0.29, 0.717) is 11.4 Å². The fraction of sp³-hybridized carbons (Fsp3) is 0.882. The first kappa shape index (κ1) is 19.7. The number of piperidine rings is 1. The molecular weight excluding hydrogens is 298 g/mol. The van der Waals surface area contributed by atoms with Crippen molar-refractivity contribution in [1.82, 2.24) is 4.90 Å². The molecule has 2 unspecified atom stereocenters. The average Bonchev–Trinajstić information content (AvgIpc) is 2.51. The number of aliphatic hydroxyl groups is 1. The van der Waals surface area contributed by atoms with E-state index in [4.69, 9.17) is 0 Å². The highest BCUT2D eigenvalue weighted by Crippen LogP contribution is 2.21. The van der Waals surface area contributed by atoms with Crippen molar-refractivity contribution in [3.05, 3.63) is 11.5 Å². The molecule has 1 fully saturated rings. The van der Waals surface area contributed by atoms with Crippen molar-refractivity contribution in [2.75, 3.05) is 32.0 Å². The fourth-order valence-electron chi connectivity index (χ4n) is 3.12. The summed E-state index contributed by atoms with van der Waals surface area (Å²) in [5.41, 5.74) is 0. The first-order chi connectivity index (χ1) is 10.4. The second-order valence-corrected chi connectivity index (χ2v) is 8.80. The van der Waals surface area contributed by atoms with Gasteiger partial charge in [-0.05, 0) is 37.6 Å². The number of hydrogen-bond acceptors (Lipinski definition) is 4. The molecule has 1 rings (SSSR count). The summed E-state index contributed by atoms with van der Waals surface area (Å²) in [4.78, 5) is 2.47. The molecule has 0 aromatic rings. The minimum atomic E-state index is -3.22. The van der Waals surface area contributed by atoms with Crippen molar-refractivity contribution in [1.29, 1.82) is 0 Å². The van der Waals surface area contributed by atoms with Crippen molar-refractivity contribution >= 4 is 9.84 Å². The van der Waals surface area contributed by atoms with Crippen LogP contribution in [0.1, 0.15) is 52.4 Å². The standard InChI is InChI=1S/C17H33NO3S/c1-4-6-8-16(5-2)14-22(20,21)15(3)11-18-10-7-9-17(12-18)13-19/h16-17,19H,3-14H2,1-2H3. The number of likely N-dealkylation sites (tertiary alicyclic amines) is 1. The highest BCUT2D eigenvalue weighted by molar-refractivity contribution is 7.95. The molecule has 2 atom stereocenters. The van der Waals surface area contributed by atoms with Crippen molar-refractivity contribution in [2.24, 2.45) is 11.8 Å². The van der Waals surface area contributed by atoms with E-state index in [9.17, 15) is 13.5 Å². The average molecular weight is 332 g/mol. The summed E-state index contributed by atoms with van der Waals surface area (Å²) in [6.45, 7) is 10.3. The molecule has 0 aromatic heterocycles. The molecule has 4 nitrogen and oxygen atoms in total. The van der Waals surface area contributed by atoms with E-state index < -0.39 is 9.84 Å². The monoisotopic (exact) mass is 331 g/mol. The first-order valence-electron chi connectivity index (χ1n) is 8.66. The molecule has 22 heavy (non-hydrogen) atoms. The molecule has 1 saturated heterocycles. The maximum absolute atomic E-state index is 12.5. The molecule has 0 bridgehead atoms. The predicted molar refractivity (Wildman–Crippen MR) is 92.5 cm³/mol. The van der Waals surface area contributed by atoms with E-state index in [-0.39, 0.29) is 24.2 Å². The number of hydrogen-bond donors (Lipinski definition) is 1. The molecular formula is C17H33NO3S. The Kier molecular flexibility index (Phi) is 8.65. The van der Waals surface area contributed by atoms with Gasteiger partial charge in [-0.1, -0.05) is 39.7 Å². The normalized spacial score (nSPS) is 21.7. The van der Waals surface area contributed by atoms with E-state index in [1.54, 1.807) is 0 Å². The fourth-order valence-corrected chi connectivity index (χ4v) is 4.76. The van der Waals surface area contributed by atoms with Crippen molar-refractivity contribution < 1.29 is 13.5 Å². The second-order valence-electron chi connectivity index (χ2n) is 6.66. The Hall–Kier alpha value is -0.390. The molecule has 0 aromatic carbocycles. The van der Waals surface area contributed by atoms with E-state index in [0.717, 1.165) is 51.6 Å². The molecule has 0 aliphatic carbocycles. The van der Waals surface area contributed by atoms with Gasteiger partial charge < -0.3 is 5.11 Å². The predicted octanol–water partition coefficient (Wildman–Crippen LogP) is 2.84. The van der Waals surface area contributed by atoms with Crippen LogP contribution in [0.2, 0.25) is 0 Å². The highest BCUT2D eigenvalue weighted by Gasteiger charge is 2.25. The van der Waals surface area contributed by atoms with Gasteiger partial charge in [0.05, 0.1) is 10.7 Å². The van der Waals surface area contributed by atoms with Crippen LogP contribution < -0.4 is 0 Å². The molecule has 5 heteroatoms. The van der Waals surface area contributed by atoms with Gasteiger partial charge in [-0.3, -0.25) is 4.90 Å². The molecule has 0 saturated carbocycles. The SMILES string of the molecule is C=C(CN1CCCC(CO)C1)S(=O)(=O)CC(CC)CCCC. The topological polar surface area (TPSA) is 57.6 Å². The Morgan fingerprint density at radius 3 is 2.73 bits per heavy atom. The second kappa shape index (κ2) is 9.68. The Balaban J connectivity index is 2.54. The molecule has 0 amide bonds. The molecule has 0 radical (unpaired) electrons. The first-order valence-corrected chi connectivity index (χ1v) is 10.3. The van der Waals surface area contributed by atoms with Gasteiger partial charge in [-0.15, -0.1) is 0 Å². The van der Waals surface area contributed by atoms with Gasteiger partial charge >= 0.3 is 0 Å². The minimum absolute atomic E-state index is 0.185. The van der Waals surface area contributed by atoms with Gasteiger partial charge in [0, 0.05) is 19.7 Å². The zero-order chi connectivity index (χ0) is 16.6. The van der Waals surface area contributed by atoms with Crippen LogP contribution in [0.15, 0.2) is 11.5 Å². The van der Waals surface area contributed by atoms with Crippen LogP contribution in [-0.4, -0.2) is 50.4 Å². The lowest BCUT2D eigenvalue weighted by molar-refractivity contribution is 0.128. The molecule has 0 spiro atoms. The third kappa shape index (κ3) is 6.39. The Morgan fingerprint density at radius 1 is 1.41 bits per heavy atom. The molecule has 1 aliphatic heterocycles. The van der Waals surface area contributed by atoms with Gasteiger partial charge in [0.15, 0.2) is 9.84 Å². The van der Waals surface area contributed by atoms with Crippen LogP contribution in [0.3, 0.4) is 0 Å². The van der Waals surface area contributed by atoms with Crippen LogP contribution in [0.5, 0.6) is 0 Å². The lowest BCUT2D eigenvalue weighted by Crippen LogP contribution is -2.39. The number of nitrogens with zero attached hydrogens (tertiary/aromatic N) is 1. The number of unbranched alkanes of at least 4 members (excludes halogenated alkanes) is 1. The summed E-state index contributed by atoms with van der Waals surface area (Å²) in [5.74, 6) is 0.755. The molecule has 1 N–H and O–H groups in total. The third-order valence-electron chi connectivity index (χ3n) is 4.70. The van der Waals surface area contributed by atoms with E-state index in [1.807, 2.05) is 0 Å².